The zero-order chi connectivity index (χ0) is 13.8. The van der Waals surface area contributed by atoms with E-state index in [1.54, 1.807) is 12.1 Å². The molecule has 2 rings (SSSR count). The van der Waals surface area contributed by atoms with Gasteiger partial charge in [-0.05, 0) is 25.1 Å². The molecule has 6 heteroatoms. The summed E-state index contributed by atoms with van der Waals surface area (Å²) in [6, 6.07) is 6.60. The van der Waals surface area contributed by atoms with Crippen LogP contribution in [-0.4, -0.2) is 17.6 Å². The lowest BCUT2D eigenvalue weighted by Crippen LogP contribution is -2.25. The number of halogens is 2. The fourth-order valence-electron chi connectivity index (χ4n) is 1.60. The van der Waals surface area contributed by atoms with Gasteiger partial charge < -0.3 is 9.84 Å². The van der Waals surface area contributed by atoms with Crippen molar-refractivity contribution >= 4 is 29.1 Å². The Hall–Kier alpha value is -1.52. The average Bonchev–Trinajstić information content (AvgIpc) is 2.78. The van der Waals surface area contributed by atoms with Gasteiger partial charge in [0, 0.05) is 24.1 Å². The number of rotatable bonds is 4. The van der Waals surface area contributed by atoms with Crippen LogP contribution in [0.3, 0.4) is 0 Å². The van der Waals surface area contributed by atoms with Crippen LogP contribution in [0.15, 0.2) is 28.8 Å². The Morgan fingerprint density at radius 1 is 1.37 bits per heavy atom. The fraction of sp³-hybridized carbons (Fsp3) is 0.231. The summed E-state index contributed by atoms with van der Waals surface area (Å²) in [6.45, 7) is 2.29. The molecule has 100 valence electrons. The van der Waals surface area contributed by atoms with Gasteiger partial charge in [0.2, 0.25) is 0 Å². The van der Waals surface area contributed by atoms with Crippen molar-refractivity contribution in [1.29, 1.82) is 0 Å². The van der Waals surface area contributed by atoms with Crippen molar-refractivity contribution < 1.29 is 9.32 Å². The molecule has 0 bridgehead atoms. The predicted molar refractivity (Wildman–Crippen MR) is 73.7 cm³/mol. The summed E-state index contributed by atoms with van der Waals surface area (Å²) >= 11 is 11.8. The molecule has 19 heavy (non-hydrogen) atoms. The minimum Gasteiger partial charge on any atom is -0.361 e. The predicted octanol–water partition coefficient (Wildman–Crippen LogP) is 3.26. The maximum absolute atomic E-state index is 11.9. The average molecular weight is 299 g/mol. The Bertz CT molecular complexity index is 596. The molecule has 1 aromatic carbocycles. The van der Waals surface area contributed by atoms with E-state index in [1.807, 2.05) is 13.0 Å². The van der Waals surface area contributed by atoms with E-state index in [1.165, 1.54) is 6.07 Å². The Morgan fingerprint density at radius 3 is 2.84 bits per heavy atom. The maximum atomic E-state index is 11.9. The van der Waals surface area contributed by atoms with Crippen LogP contribution in [0.4, 0.5) is 0 Å². The normalized spacial score (nSPS) is 10.5. The highest BCUT2D eigenvalue weighted by Crippen LogP contribution is 2.20. The van der Waals surface area contributed by atoms with E-state index >= 15 is 0 Å². The molecule has 0 spiro atoms. The van der Waals surface area contributed by atoms with Gasteiger partial charge in [0.1, 0.15) is 5.76 Å². The number of benzene rings is 1. The second-order valence-corrected chi connectivity index (χ2v) is 4.91. The second kappa shape index (κ2) is 6.08. The van der Waals surface area contributed by atoms with E-state index in [0.29, 0.717) is 28.6 Å². The molecule has 0 radical (unpaired) electrons. The van der Waals surface area contributed by atoms with Gasteiger partial charge in [-0.15, -0.1) is 0 Å². The Kier molecular flexibility index (Phi) is 4.45. The first-order chi connectivity index (χ1) is 9.06. The Balaban J connectivity index is 1.92. The fourth-order valence-corrected chi connectivity index (χ4v) is 1.98. The number of nitrogens with one attached hydrogen (secondary N) is 1. The molecule has 1 amide bonds. The molecule has 2 aromatic rings. The highest BCUT2D eigenvalue weighted by molar-refractivity contribution is 6.35. The van der Waals surface area contributed by atoms with E-state index in [9.17, 15) is 4.79 Å². The van der Waals surface area contributed by atoms with Gasteiger partial charge in [0.15, 0.2) is 0 Å². The molecule has 0 aliphatic heterocycles. The Labute approximate surface area is 120 Å². The molecule has 1 N–H and O–H groups in total. The first kappa shape index (κ1) is 13.9. The quantitative estimate of drug-likeness (QED) is 0.942. The number of hydrogen-bond acceptors (Lipinski definition) is 3. The van der Waals surface area contributed by atoms with Crippen molar-refractivity contribution in [3.63, 3.8) is 0 Å². The Morgan fingerprint density at radius 2 is 2.16 bits per heavy atom. The zero-order valence-electron chi connectivity index (χ0n) is 10.2. The zero-order valence-corrected chi connectivity index (χ0v) is 11.8. The number of amides is 1. The monoisotopic (exact) mass is 298 g/mol. The molecule has 0 fully saturated rings. The van der Waals surface area contributed by atoms with Crippen LogP contribution in [0, 0.1) is 6.92 Å². The van der Waals surface area contributed by atoms with Gasteiger partial charge in [0.25, 0.3) is 5.91 Å². The van der Waals surface area contributed by atoms with Crippen molar-refractivity contribution in [3.8, 4) is 0 Å². The topological polar surface area (TPSA) is 55.1 Å². The van der Waals surface area contributed by atoms with Gasteiger partial charge in [-0.2, -0.15) is 0 Å². The van der Waals surface area contributed by atoms with Gasteiger partial charge in [0.05, 0.1) is 16.3 Å². The van der Waals surface area contributed by atoms with Crippen molar-refractivity contribution in [2.24, 2.45) is 0 Å². The van der Waals surface area contributed by atoms with Crippen LogP contribution in [-0.2, 0) is 6.42 Å². The maximum Gasteiger partial charge on any atom is 0.252 e. The van der Waals surface area contributed by atoms with Crippen LogP contribution >= 0.6 is 23.2 Å². The largest absolute Gasteiger partial charge is 0.361 e. The van der Waals surface area contributed by atoms with E-state index in [2.05, 4.69) is 10.5 Å². The van der Waals surface area contributed by atoms with Crippen LogP contribution in [0.25, 0.3) is 0 Å². The molecule has 0 saturated carbocycles. The number of carbonyl (C=O) groups excluding carboxylic acids is 1. The van der Waals surface area contributed by atoms with Gasteiger partial charge in [-0.25, -0.2) is 0 Å². The van der Waals surface area contributed by atoms with Crippen LogP contribution < -0.4 is 5.32 Å². The number of carbonyl (C=O) groups is 1. The van der Waals surface area contributed by atoms with E-state index in [-0.39, 0.29) is 5.91 Å². The lowest BCUT2D eigenvalue weighted by Gasteiger charge is -2.06. The van der Waals surface area contributed by atoms with Crippen LogP contribution in [0.2, 0.25) is 10.0 Å². The third kappa shape index (κ3) is 3.72. The molecule has 0 unspecified atom stereocenters. The van der Waals surface area contributed by atoms with E-state index < -0.39 is 0 Å². The minimum absolute atomic E-state index is 0.260. The molecule has 0 atom stereocenters. The lowest BCUT2D eigenvalue weighted by molar-refractivity contribution is 0.0953. The molecule has 1 aromatic heterocycles. The summed E-state index contributed by atoms with van der Waals surface area (Å²) in [6.07, 6.45) is 0.574. The van der Waals surface area contributed by atoms with Gasteiger partial charge >= 0.3 is 0 Å². The highest BCUT2D eigenvalue weighted by Gasteiger charge is 2.10. The van der Waals surface area contributed by atoms with E-state index in [4.69, 9.17) is 27.7 Å². The molecule has 0 saturated heterocycles. The molecular weight excluding hydrogens is 287 g/mol. The minimum atomic E-state index is -0.260. The van der Waals surface area contributed by atoms with Crippen molar-refractivity contribution in [1.82, 2.24) is 10.5 Å². The highest BCUT2D eigenvalue weighted by atomic mass is 35.5. The first-order valence-corrected chi connectivity index (χ1v) is 6.47. The summed E-state index contributed by atoms with van der Waals surface area (Å²) in [4.78, 5) is 11.9. The molecular formula is C13H12Cl2N2O2. The molecule has 1 heterocycles. The summed E-state index contributed by atoms with van der Waals surface area (Å²) in [5.41, 5.74) is 1.18. The third-order valence-corrected chi connectivity index (χ3v) is 3.07. The third-order valence-electron chi connectivity index (χ3n) is 2.51. The van der Waals surface area contributed by atoms with Crippen LogP contribution in [0.1, 0.15) is 21.8 Å². The van der Waals surface area contributed by atoms with Crippen molar-refractivity contribution in [2.45, 2.75) is 13.3 Å². The van der Waals surface area contributed by atoms with Gasteiger partial charge in [-0.3, -0.25) is 4.79 Å². The number of aryl methyl sites for hydroxylation is 1. The van der Waals surface area contributed by atoms with Crippen LogP contribution in [0.5, 0.6) is 0 Å². The SMILES string of the molecule is Cc1cc(CCNC(=O)c2cc(Cl)ccc2Cl)on1. The van der Waals surface area contributed by atoms with Gasteiger partial charge in [-0.1, -0.05) is 28.4 Å². The lowest BCUT2D eigenvalue weighted by atomic mass is 10.2. The van der Waals surface area contributed by atoms with Crippen molar-refractivity contribution in [2.75, 3.05) is 6.54 Å². The molecule has 0 aliphatic carbocycles. The number of hydrogen-bond donors (Lipinski definition) is 1. The first-order valence-electron chi connectivity index (χ1n) is 5.71. The summed E-state index contributed by atoms with van der Waals surface area (Å²) in [7, 11) is 0. The molecule has 0 aliphatic rings. The van der Waals surface area contributed by atoms with Crippen molar-refractivity contribution in [3.05, 3.63) is 51.3 Å². The summed E-state index contributed by atoms with van der Waals surface area (Å²) in [5.74, 6) is 0.471. The smallest absolute Gasteiger partial charge is 0.252 e. The summed E-state index contributed by atoms with van der Waals surface area (Å²) < 4.78 is 5.05. The number of nitrogens with zero attached hydrogens (tertiary/aromatic N) is 1. The van der Waals surface area contributed by atoms with E-state index in [0.717, 1.165) is 11.5 Å². The number of aromatic nitrogens is 1. The molecule has 4 nitrogen and oxygen atoms in total. The summed E-state index contributed by atoms with van der Waals surface area (Å²) in [5, 5.41) is 7.37. The second-order valence-electron chi connectivity index (χ2n) is 4.06. The standard InChI is InChI=1S/C13H12Cl2N2O2/c1-8-6-10(19-17-8)4-5-16-13(18)11-7-9(14)2-3-12(11)15/h2-3,6-7H,4-5H2,1H3,(H,16,18).